The molecule has 0 N–H and O–H groups in total. The lowest BCUT2D eigenvalue weighted by Gasteiger charge is -2.29. The number of hydrogen-bond acceptors (Lipinski definition) is 4. The van der Waals surface area contributed by atoms with Gasteiger partial charge in [0.05, 0.1) is 0 Å². The highest BCUT2D eigenvalue weighted by Crippen LogP contribution is 2.33. The van der Waals surface area contributed by atoms with Crippen LogP contribution >= 0.6 is 0 Å². The van der Waals surface area contributed by atoms with Crippen molar-refractivity contribution in [1.82, 2.24) is 9.88 Å². The third-order valence-corrected chi connectivity index (χ3v) is 5.30. The Bertz CT molecular complexity index is 778. The van der Waals surface area contributed by atoms with Crippen LogP contribution in [-0.2, 0) is 6.42 Å². The average Bonchev–Trinajstić information content (AvgIpc) is 3.06. The number of aryl methyl sites for hydroxylation is 1. The van der Waals surface area contributed by atoms with Gasteiger partial charge in [-0.05, 0) is 62.4 Å². The smallest absolute Gasteiger partial charge is 0.254 e. The van der Waals surface area contributed by atoms with E-state index in [9.17, 15) is 4.79 Å². The Morgan fingerprint density at radius 3 is 2.85 bits per heavy atom. The second-order valence-electron chi connectivity index (χ2n) is 7.05. The van der Waals surface area contributed by atoms with E-state index in [4.69, 9.17) is 9.47 Å². The van der Waals surface area contributed by atoms with E-state index in [-0.39, 0.29) is 18.0 Å². The molecule has 1 fully saturated rings. The largest absolute Gasteiger partial charge is 0.486 e. The lowest BCUT2D eigenvalue weighted by molar-refractivity contribution is 0.0671. The number of likely N-dealkylation sites (tertiary alicyclic amines) is 1. The summed E-state index contributed by atoms with van der Waals surface area (Å²) in [5, 5.41) is 0. The van der Waals surface area contributed by atoms with Crippen LogP contribution in [0.15, 0.2) is 42.7 Å². The molecular formula is C21H24N2O3. The molecule has 1 amide bonds. The minimum Gasteiger partial charge on any atom is -0.486 e. The standard InChI is InChI=1S/C21H24N2O3/c1-15-4-7-18(8-5-16-3-2-10-22-14-16)23(15)21(24)17-6-9-19-20(13-17)26-12-11-25-19/h2-3,6,9-10,13-15,18H,4-5,7-8,11-12H2,1H3/t15-,18-/m1/s1. The molecule has 1 aromatic carbocycles. The zero-order valence-electron chi connectivity index (χ0n) is 15.1. The van der Waals surface area contributed by atoms with Crippen LogP contribution in [-0.4, -0.2) is 41.1 Å². The molecule has 2 aromatic rings. The van der Waals surface area contributed by atoms with Gasteiger partial charge in [-0.2, -0.15) is 0 Å². The first-order valence-corrected chi connectivity index (χ1v) is 9.33. The molecule has 0 unspecified atom stereocenters. The zero-order valence-corrected chi connectivity index (χ0v) is 15.1. The first-order valence-electron chi connectivity index (χ1n) is 9.33. The Morgan fingerprint density at radius 1 is 1.19 bits per heavy atom. The van der Waals surface area contributed by atoms with Gasteiger partial charge in [-0.3, -0.25) is 9.78 Å². The quantitative estimate of drug-likeness (QED) is 0.845. The monoisotopic (exact) mass is 352 g/mol. The summed E-state index contributed by atoms with van der Waals surface area (Å²) in [7, 11) is 0. The molecule has 3 heterocycles. The fourth-order valence-electron chi connectivity index (χ4n) is 3.93. The van der Waals surface area contributed by atoms with E-state index in [0.717, 1.165) is 31.4 Å². The van der Waals surface area contributed by atoms with E-state index < -0.39 is 0 Å². The van der Waals surface area contributed by atoms with Crippen LogP contribution in [0.1, 0.15) is 42.1 Å². The van der Waals surface area contributed by atoms with Crippen molar-refractivity contribution in [2.45, 2.75) is 44.7 Å². The van der Waals surface area contributed by atoms with E-state index in [1.807, 2.05) is 30.5 Å². The highest BCUT2D eigenvalue weighted by Gasteiger charge is 2.34. The molecule has 1 saturated heterocycles. The maximum Gasteiger partial charge on any atom is 0.254 e. The number of carbonyl (C=O) groups is 1. The van der Waals surface area contributed by atoms with Gasteiger partial charge in [0, 0.05) is 30.0 Å². The van der Waals surface area contributed by atoms with Gasteiger partial charge in [-0.1, -0.05) is 6.07 Å². The topological polar surface area (TPSA) is 51.7 Å². The summed E-state index contributed by atoms with van der Waals surface area (Å²) < 4.78 is 11.2. The highest BCUT2D eigenvalue weighted by molar-refractivity contribution is 5.95. The van der Waals surface area contributed by atoms with Gasteiger partial charge < -0.3 is 14.4 Å². The molecule has 2 atom stereocenters. The van der Waals surface area contributed by atoms with E-state index >= 15 is 0 Å². The van der Waals surface area contributed by atoms with Crippen molar-refractivity contribution in [1.29, 1.82) is 0 Å². The van der Waals surface area contributed by atoms with Gasteiger partial charge in [-0.25, -0.2) is 0 Å². The van der Waals surface area contributed by atoms with E-state index in [0.29, 0.717) is 24.5 Å². The van der Waals surface area contributed by atoms with Crippen LogP contribution in [0.25, 0.3) is 0 Å². The molecule has 2 aliphatic heterocycles. The summed E-state index contributed by atoms with van der Waals surface area (Å²) in [4.78, 5) is 19.4. The van der Waals surface area contributed by atoms with Crippen molar-refractivity contribution in [3.63, 3.8) is 0 Å². The van der Waals surface area contributed by atoms with Gasteiger partial charge in [0.15, 0.2) is 11.5 Å². The number of aromatic nitrogens is 1. The van der Waals surface area contributed by atoms with Crippen LogP contribution in [0.2, 0.25) is 0 Å². The Hall–Kier alpha value is -2.56. The third-order valence-electron chi connectivity index (χ3n) is 5.30. The molecule has 4 rings (SSSR count). The van der Waals surface area contributed by atoms with Gasteiger partial charge in [0.1, 0.15) is 13.2 Å². The van der Waals surface area contributed by atoms with Crippen molar-refractivity contribution >= 4 is 5.91 Å². The first-order chi connectivity index (χ1) is 12.7. The second kappa shape index (κ2) is 7.36. The van der Waals surface area contributed by atoms with Gasteiger partial charge in [0.25, 0.3) is 5.91 Å². The Balaban J connectivity index is 1.49. The lowest BCUT2D eigenvalue weighted by Crippen LogP contribution is -2.40. The number of benzene rings is 1. The minimum absolute atomic E-state index is 0.0863. The molecule has 136 valence electrons. The predicted molar refractivity (Wildman–Crippen MR) is 98.6 cm³/mol. The number of nitrogens with zero attached hydrogens (tertiary/aromatic N) is 2. The highest BCUT2D eigenvalue weighted by atomic mass is 16.6. The zero-order chi connectivity index (χ0) is 17.9. The molecular weight excluding hydrogens is 328 g/mol. The van der Waals surface area contributed by atoms with Gasteiger partial charge >= 0.3 is 0 Å². The minimum atomic E-state index is 0.0863. The molecule has 0 aliphatic carbocycles. The fraction of sp³-hybridized carbons (Fsp3) is 0.429. The summed E-state index contributed by atoms with van der Waals surface area (Å²) in [6.07, 6.45) is 7.71. The van der Waals surface area contributed by atoms with Crippen LogP contribution in [0.5, 0.6) is 11.5 Å². The number of rotatable bonds is 4. The molecule has 0 bridgehead atoms. The van der Waals surface area contributed by atoms with Crippen molar-refractivity contribution in [2.75, 3.05) is 13.2 Å². The number of pyridine rings is 1. The normalized spacial score (nSPS) is 21.7. The van der Waals surface area contributed by atoms with E-state index in [2.05, 4.69) is 22.9 Å². The average molecular weight is 352 g/mol. The molecule has 0 spiro atoms. The van der Waals surface area contributed by atoms with Crippen LogP contribution < -0.4 is 9.47 Å². The molecule has 26 heavy (non-hydrogen) atoms. The SMILES string of the molecule is C[C@@H]1CC[C@H](CCc2cccnc2)N1C(=O)c1ccc2c(c1)OCCO2. The maximum absolute atomic E-state index is 13.2. The summed E-state index contributed by atoms with van der Waals surface area (Å²) in [6.45, 7) is 3.22. The Kier molecular flexibility index (Phi) is 4.78. The molecule has 0 radical (unpaired) electrons. The molecule has 1 aromatic heterocycles. The third kappa shape index (κ3) is 3.39. The van der Waals surface area contributed by atoms with Crippen molar-refractivity contribution < 1.29 is 14.3 Å². The number of hydrogen-bond donors (Lipinski definition) is 0. The Morgan fingerprint density at radius 2 is 2.04 bits per heavy atom. The van der Waals surface area contributed by atoms with Crippen LogP contribution in [0, 0.1) is 0 Å². The maximum atomic E-state index is 13.2. The second-order valence-corrected chi connectivity index (χ2v) is 7.05. The summed E-state index contributed by atoms with van der Waals surface area (Å²) in [6, 6.07) is 10.1. The molecule has 5 nitrogen and oxygen atoms in total. The lowest BCUT2D eigenvalue weighted by atomic mass is 10.0. The van der Waals surface area contributed by atoms with Crippen LogP contribution in [0.3, 0.4) is 0 Å². The predicted octanol–water partition coefficient (Wildman–Crippen LogP) is 3.48. The molecule has 0 saturated carbocycles. The first kappa shape index (κ1) is 16.9. The Labute approximate surface area is 153 Å². The van der Waals surface area contributed by atoms with E-state index in [1.54, 1.807) is 6.20 Å². The number of carbonyl (C=O) groups excluding carboxylic acids is 1. The molecule has 2 aliphatic rings. The van der Waals surface area contributed by atoms with E-state index in [1.165, 1.54) is 5.56 Å². The summed E-state index contributed by atoms with van der Waals surface area (Å²) in [5.41, 5.74) is 1.90. The molecule has 5 heteroatoms. The number of fused-ring (bicyclic) bond motifs is 1. The van der Waals surface area contributed by atoms with Crippen molar-refractivity contribution in [2.24, 2.45) is 0 Å². The van der Waals surface area contributed by atoms with Gasteiger partial charge in [0.2, 0.25) is 0 Å². The van der Waals surface area contributed by atoms with Crippen LogP contribution in [0.4, 0.5) is 0 Å². The summed E-state index contributed by atoms with van der Waals surface area (Å²) in [5.74, 6) is 1.47. The van der Waals surface area contributed by atoms with Crippen molar-refractivity contribution in [3.05, 3.63) is 53.9 Å². The van der Waals surface area contributed by atoms with Gasteiger partial charge in [-0.15, -0.1) is 0 Å². The number of ether oxygens (including phenoxy) is 2. The fourth-order valence-corrected chi connectivity index (χ4v) is 3.93. The van der Waals surface area contributed by atoms with Crippen molar-refractivity contribution in [3.8, 4) is 11.5 Å². The number of amides is 1. The summed E-state index contributed by atoms with van der Waals surface area (Å²) >= 11 is 0.